The molecule has 0 aliphatic carbocycles. The minimum atomic E-state index is -0.191. The van der Waals surface area contributed by atoms with Crippen molar-refractivity contribution < 1.29 is 14.0 Å². The zero-order valence-corrected chi connectivity index (χ0v) is 20.8. The number of guanidine groups is 1. The Morgan fingerprint density at radius 2 is 1.97 bits per heavy atom. The number of aliphatic imine (C=N–C) groups is 1. The van der Waals surface area contributed by atoms with E-state index in [-0.39, 0.29) is 41.7 Å². The molecule has 0 spiro atoms. The van der Waals surface area contributed by atoms with Crippen LogP contribution in [-0.2, 0) is 4.79 Å². The van der Waals surface area contributed by atoms with Gasteiger partial charge in [0.25, 0.3) is 5.91 Å². The SMILES string of the molecule is CCNC(=NCCCNC(=O)c1occc1C)NC1CCN(C(=O)C(C)C)CC1.I. The lowest BCUT2D eigenvalue weighted by Crippen LogP contribution is -2.50. The molecule has 0 unspecified atom stereocenters. The summed E-state index contributed by atoms with van der Waals surface area (Å²) in [5.41, 5.74) is 0.834. The van der Waals surface area contributed by atoms with Gasteiger partial charge in [-0.25, -0.2) is 0 Å². The first-order valence-electron chi connectivity index (χ1n) is 10.6. The summed E-state index contributed by atoms with van der Waals surface area (Å²) < 4.78 is 5.19. The highest BCUT2D eigenvalue weighted by Crippen LogP contribution is 2.13. The number of halogens is 1. The Balaban J connectivity index is 0.00000450. The Morgan fingerprint density at radius 3 is 2.53 bits per heavy atom. The molecule has 1 fully saturated rings. The normalized spacial score (nSPS) is 15.0. The van der Waals surface area contributed by atoms with Crippen molar-refractivity contribution in [3.8, 4) is 0 Å². The van der Waals surface area contributed by atoms with Crippen LogP contribution in [0, 0.1) is 12.8 Å². The second-order valence-corrected chi connectivity index (χ2v) is 7.70. The van der Waals surface area contributed by atoms with Crippen LogP contribution in [0.25, 0.3) is 0 Å². The third kappa shape index (κ3) is 8.16. The number of nitrogens with zero attached hydrogens (tertiary/aromatic N) is 2. The van der Waals surface area contributed by atoms with E-state index in [4.69, 9.17) is 4.42 Å². The third-order valence-corrected chi connectivity index (χ3v) is 4.94. The highest BCUT2D eigenvalue weighted by atomic mass is 127. The Hall–Kier alpha value is -1.78. The zero-order chi connectivity index (χ0) is 21.2. The molecule has 8 nitrogen and oxygen atoms in total. The topological polar surface area (TPSA) is 99.0 Å². The van der Waals surface area contributed by atoms with Gasteiger partial charge in [-0.3, -0.25) is 14.6 Å². The second kappa shape index (κ2) is 13.5. The first-order chi connectivity index (χ1) is 13.9. The Morgan fingerprint density at radius 1 is 1.27 bits per heavy atom. The molecular weight excluding hydrogens is 497 g/mol. The first kappa shape index (κ1) is 26.3. The van der Waals surface area contributed by atoms with E-state index in [0.717, 1.165) is 50.4 Å². The van der Waals surface area contributed by atoms with Gasteiger partial charge < -0.3 is 25.3 Å². The van der Waals surface area contributed by atoms with Crippen molar-refractivity contribution in [2.24, 2.45) is 10.9 Å². The number of amides is 2. The molecular formula is C21H36IN5O3. The van der Waals surface area contributed by atoms with Gasteiger partial charge in [0.1, 0.15) is 0 Å². The maximum Gasteiger partial charge on any atom is 0.287 e. The van der Waals surface area contributed by atoms with Crippen molar-refractivity contribution in [2.75, 3.05) is 32.7 Å². The van der Waals surface area contributed by atoms with Gasteiger partial charge in [0, 0.05) is 50.2 Å². The van der Waals surface area contributed by atoms with E-state index in [9.17, 15) is 9.59 Å². The minimum absolute atomic E-state index is 0. The lowest BCUT2D eigenvalue weighted by Gasteiger charge is -2.34. The number of piperidine rings is 1. The van der Waals surface area contributed by atoms with E-state index in [1.807, 2.05) is 32.6 Å². The summed E-state index contributed by atoms with van der Waals surface area (Å²) in [7, 11) is 0. The van der Waals surface area contributed by atoms with Crippen LogP contribution in [0.2, 0.25) is 0 Å². The first-order valence-corrected chi connectivity index (χ1v) is 10.6. The van der Waals surface area contributed by atoms with E-state index >= 15 is 0 Å². The van der Waals surface area contributed by atoms with E-state index in [0.29, 0.717) is 24.9 Å². The molecule has 30 heavy (non-hydrogen) atoms. The molecule has 0 atom stereocenters. The quantitative estimate of drug-likeness (QED) is 0.207. The largest absolute Gasteiger partial charge is 0.459 e. The Labute approximate surface area is 196 Å². The highest BCUT2D eigenvalue weighted by molar-refractivity contribution is 14.0. The van der Waals surface area contributed by atoms with Crippen molar-refractivity contribution in [2.45, 2.75) is 53.0 Å². The molecule has 0 radical (unpaired) electrons. The van der Waals surface area contributed by atoms with E-state index in [1.54, 1.807) is 6.07 Å². The summed E-state index contributed by atoms with van der Waals surface area (Å²) in [5, 5.41) is 9.60. The van der Waals surface area contributed by atoms with Crippen LogP contribution < -0.4 is 16.0 Å². The number of aryl methyl sites for hydroxylation is 1. The lowest BCUT2D eigenvalue weighted by atomic mass is 10.0. The summed E-state index contributed by atoms with van der Waals surface area (Å²) in [6, 6.07) is 2.09. The smallest absolute Gasteiger partial charge is 0.287 e. The molecule has 3 N–H and O–H groups in total. The van der Waals surface area contributed by atoms with Crippen LogP contribution in [0.5, 0.6) is 0 Å². The van der Waals surface area contributed by atoms with Gasteiger partial charge in [0.15, 0.2) is 11.7 Å². The molecule has 0 aromatic carbocycles. The monoisotopic (exact) mass is 533 g/mol. The standard InChI is InChI=1S/C21H35N5O3.HI/c1-5-22-21(25-17-7-12-26(13-8-17)20(28)15(2)3)24-11-6-10-23-19(27)18-16(4)9-14-29-18;/h9,14-15,17H,5-8,10-13H2,1-4H3,(H,23,27)(H2,22,24,25);1H. The van der Waals surface area contributed by atoms with Crippen molar-refractivity contribution in [3.05, 3.63) is 23.7 Å². The molecule has 1 aromatic heterocycles. The van der Waals surface area contributed by atoms with E-state index in [2.05, 4.69) is 20.9 Å². The van der Waals surface area contributed by atoms with Crippen molar-refractivity contribution in [1.82, 2.24) is 20.9 Å². The number of nitrogens with one attached hydrogen (secondary N) is 3. The molecule has 1 saturated heterocycles. The number of carbonyl (C=O) groups excluding carboxylic acids is 2. The molecule has 2 rings (SSSR count). The fraction of sp³-hybridized carbons (Fsp3) is 0.667. The molecule has 0 saturated carbocycles. The number of carbonyl (C=O) groups is 2. The summed E-state index contributed by atoms with van der Waals surface area (Å²) in [5.74, 6) is 1.25. The van der Waals surface area contributed by atoms with Gasteiger partial charge in [0.2, 0.25) is 5.91 Å². The van der Waals surface area contributed by atoms with Crippen molar-refractivity contribution in [3.63, 3.8) is 0 Å². The van der Waals surface area contributed by atoms with Crippen LogP contribution in [0.3, 0.4) is 0 Å². The van der Waals surface area contributed by atoms with Gasteiger partial charge in [-0.15, -0.1) is 24.0 Å². The average molecular weight is 533 g/mol. The number of hydrogen-bond donors (Lipinski definition) is 3. The van der Waals surface area contributed by atoms with Crippen LogP contribution >= 0.6 is 24.0 Å². The predicted molar refractivity (Wildman–Crippen MR) is 129 cm³/mol. The average Bonchev–Trinajstić information content (AvgIpc) is 3.13. The molecule has 9 heteroatoms. The molecule has 0 bridgehead atoms. The second-order valence-electron chi connectivity index (χ2n) is 7.70. The number of hydrogen-bond acceptors (Lipinski definition) is 4. The third-order valence-electron chi connectivity index (χ3n) is 4.94. The molecule has 2 amide bonds. The molecule has 1 aliphatic rings. The molecule has 1 aromatic rings. The predicted octanol–water partition coefficient (Wildman–Crippen LogP) is 2.53. The zero-order valence-electron chi connectivity index (χ0n) is 18.5. The van der Waals surface area contributed by atoms with Crippen LogP contribution in [0.4, 0.5) is 0 Å². The number of furan rings is 1. The lowest BCUT2D eigenvalue weighted by molar-refractivity contribution is -0.135. The van der Waals surface area contributed by atoms with Crippen molar-refractivity contribution >= 4 is 41.8 Å². The number of likely N-dealkylation sites (tertiary alicyclic amines) is 1. The maximum atomic E-state index is 12.1. The summed E-state index contributed by atoms with van der Waals surface area (Å²) in [4.78, 5) is 30.7. The van der Waals surface area contributed by atoms with Crippen LogP contribution in [-0.4, -0.2) is 61.4 Å². The minimum Gasteiger partial charge on any atom is -0.459 e. The van der Waals surface area contributed by atoms with E-state index < -0.39 is 0 Å². The molecule has 1 aliphatic heterocycles. The van der Waals surface area contributed by atoms with Gasteiger partial charge in [-0.2, -0.15) is 0 Å². The van der Waals surface area contributed by atoms with Gasteiger partial charge in [-0.1, -0.05) is 13.8 Å². The summed E-state index contributed by atoms with van der Waals surface area (Å²) in [6.45, 7) is 11.3. The van der Waals surface area contributed by atoms with E-state index in [1.165, 1.54) is 6.26 Å². The maximum absolute atomic E-state index is 12.1. The summed E-state index contributed by atoms with van der Waals surface area (Å²) >= 11 is 0. The Bertz CT molecular complexity index is 697. The fourth-order valence-corrected chi connectivity index (χ4v) is 3.28. The van der Waals surface area contributed by atoms with Crippen molar-refractivity contribution in [1.29, 1.82) is 0 Å². The van der Waals surface area contributed by atoms with Gasteiger partial charge >= 0.3 is 0 Å². The Kier molecular flexibility index (Phi) is 11.8. The summed E-state index contributed by atoms with van der Waals surface area (Å²) in [6.07, 6.45) is 4.10. The van der Waals surface area contributed by atoms with Crippen LogP contribution in [0.1, 0.15) is 56.2 Å². The van der Waals surface area contributed by atoms with Crippen LogP contribution in [0.15, 0.2) is 21.7 Å². The number of rotatable bonds is 8. The molecule has 170 valence electrons. The van der Waals surface area contributed by atoms with Gasteiger partial charge in [0.05, 0.1) is 6.26 Å². The van der Waals surface area contributed by atoms with Gasteiger partial charge in [-0.05, 0) is 39.2 Å². The fourth-order valence-electron chi connectivity index (χ4n) is 3.28. The molecule has 2 heterocycles. The highest BCUT2D eigenvalue weighted by Gasteiger charge is 2.24.